The molecule has 0 saturated heterocycles. The van der Waals surface area contributed by atoms with Gasteiger partial charge in [0.2, 0.25) is 0 Å². The highest BCUT2D eigenvalue weighted by Crippen LogP contribution is 2.54. The molecule has 0 radical (unpaired) electrons. The second kappa shape index (κ2) is 5.98. The lowest BCUT2D eigenvalue weighted by atomic mass is 9.88. The fourth-order valence-electron chi connectivity index (χ4n) is 4.40. The Morgan fingerprint density at radius 3 is 2.58 bits per heavy atom. The average molecular weight is 329 g/mol. The smallest absolute Gasteiger partial charge is 0.155 e. The first kappa shape index (κ1) is 16.6. The highest BCUT2D eigenvalue weighted by Gasteiger charge is 2.51. The number of hydrogen-bond acceptors (Lipinski definition) is 6. The molecule has 128 valence electrons. The van der Waals surface area contributed by atoms with Gasteiger partial charge < -0.3 is 21.7 Å². The Hall–Kier alpha value is -2.28. The molecule has 2 aliphatic rings. The number of allylic oxidation sites excluding steroid dienone is 1. The van der Waals surface area contributed by atoms with Gasteiger partial charge in [0.25, 0.3) is 0 Å². The number of aliphatic hydroxyl groups is 1. The summed E-state index contributed by atoms with van der Waals surface area (Å²) in [5.41, 5.74) is 6.23. The lowest BCUT2D eigenvalue weighted by molar-refractivity contribution is 0.109. The van der Waals surface area contributed by atoms with E-state index in [1.54, 1.807) is 11.7 Å². The summed E-state index contributed by atoms with van der Waals surface area (Å²) < 4.78 is 1.54. The van der Waals surface area contributed by atoms with Crippen LogP contribution in [0.5, 0.6) is 0 Å². The predicted molar refractivity (Wildman–Crippen MR) is 91.8 cm³/mol. The zero-order valence-corrected chi connectivity index (χ0v) is 13.7. The van der Waals surface area contributed by atoms with E-state index in [0.717, 1.165) is 31.0 Å². The number of carbonyl (C=O) groups is 1. The van der Waals surface area contributed by atoms with Gasteiger partial charge in [-0.3, -0.25) is 9.48 Å². The molecule has 0 aromatic carbocycles. The molecule has 7 heteroatoms. The molecule has 7 nitrogen and oxygen atoms in total. The number of aldehydes is 1. The highest BCUT2D eigenvalue weighted by molar-refractivity contribution is 6.01. The van der Waals surface area contributed by atoms with Crippen LogP contribution in [0.2, 0.25) is 0 Å². The van der Waals surface area contributed by atoms with Gasteiger partial charge in [-0.2, -0.15) is 5.10 Å². The van der Waals surface area contributed by atoms with Crippen molar-refractivity contribution in [1.29, 1.82) is 10.8 Å². The van der Waals surface area contributed by atoms with Crippen molar-refractivity contribution in [1.82, 2.24) is 9.78 Å². The molecule has 2 unspecified atom stereocenters. The molecule has 2 aliphatic carbocycles. The summed E-state index contributed by atoms with van der Waals surface area (Å²) in [5, 5.41) is 30.2. The van der Waals surface area contributed by atoms with Crippen LogP contribution in [0.15, 0.2) is 12.2 Å². The van der Waals surface area contributed by atoms with Crippen LogP contribution < -0.4 is 5.73 Å². The Morgan fingerprint density at radius 1 is 1.42 bits per heavy atom. The first-order valence-electron chi connectivity index (χ1n) is 8.15. The van der Waals surface area contributed by atoms with Crippen LogP contribution in [-0.2, 0) is 7.05 Å². The second-order valence-corrected chi connectivity index (χ2v) is 6.99. The zero-order valence-electron chi connectivity index (χ0n) is 13.7. The average Bonchev–Trinajstić information content (AvgIpc) is 3.15. The van der Waals surface area contributed by atoms with Gasteiger partial charge in [-0.1, -0.05) is 0 Å². The lowest BCUT2D eigenvalue weighted by Crippen LogP contribution is -2.34. The first-order valence-corrected chi connectivity index (χ1v) is 8.15. The van der Waals surface area contributed by atoms with E-state index in [0.29, 0.717) is 36.1 Å². The Balaban J connectivity index is 1.75. The van der Waals surface area contributed by atoms with Gasteiger partial charge in [0.05, 0.1) is 17.0 Å². The van der Waals surface area contributed by atoms with Gasteiger partial charge in [-0.05, 0) is 49.7 Å². The molecule has 0 amide bonds. The number of hydrogen-bond donors (Lipinski definition) is 4. The fourth-order valence-corrected chi connectivity index (χ4v) is 4.40. The predicted octanol–water partition coefficient (Wildman–Crippen LogP) is 1.68. The van der Waals surface area contributed by atoms with Gasteiger partial charge in [-0.25, -0.2) is 0 Å². The Kier molecular flexibility index (Phi) is 4.13. The lowest BCUT2D eigenvalue weighted by Gasteiger charge is -2.23. The number of nitrogen functional groups attached to an aromatic ring is 1. The number of carbonyl (C=O) groups excluding carboxylic acids is 1. The number of aryl methyl sites for hydroxylation is 1. The van der Waals surface area contributed by atoms with Crippen molar-refractivity contribution in [3.63, 3.8) is 0 Å². The minimum atomic E-state index is -1.10. The summed E-state index contributed by atoms with van der Waals surface area (Å²) in [7, 11) is 1.73. The maximum atomic E-state index is 11.3. The Morgan fingerprint density at radius 2 is 2.04 bits per heavy atom. The van der Waals surface area contributed by atoms with E-state index in [4.69, 9.17) is 16.6 Å². The number of nitrogens with two attached hydrogens (primary N) is 1. The van der Waals surface area contributed by atoms with Crippen LogP contribution >= 0.6 is 0 Å². The van der Waals surface area contributed by atoms with Crippen LogP contribution in [0.25, 0.3) is 0 Å². The van der Waals surface area contributed by atoms with Crippen molar-refractivity contribution < 1.29 is 9.90 Å². The van der Waals surface area contributed by atoms with E-state index >= 15 is 0 Å². The first-order chi connectivity index (χ1) is 11.4. The monoisotopic (exact) mass is 329 g/mol. The molecule has 2 atom stereocenters. The summed E-state index contributed by atoms with van der Waals surface area (Å²) in [6, 6.07) is 0. The van der Waals surface area contributed by atoms with Gasteiger partial charge in [-0.15, -0.1) is 0 Å². The maximum Gasteiger partial charge on any atom is 0.155 e. The quantitative estimate of drug-likeness (QED) is 0.483. The van der Waals surface area contributed by atoms with Crippen LogP contribution in [0.1, 0.15) is 47.7 Å². The van der Waals surface area contributed by atoms with Crippen molar-refractivity contribution in [2.45, 2.75) is 37.2 Å². The number of fused-ring (bicyclic) bond motifs is 1. The Bertz CT molecular complexity index is 707. The minimum Gasteiger partial charge on any atom is -0.384 e. The number of anilines is 1. The summed E-state index contributed by atoms with van der Waals surface area (Å²) >= 11 is 0. The molecule has 2 saturated carbocycles. The third kappa shape index (κ3) is 2.58. The molecular weight excluding hydrogens is 306 g/mol. The fraction of sp³-hybridized carbons (Fsp3) is 0.529. The maximum absolute atomic E-state index is 11.3. The summed E-state index contributed by atoms with van der Waals surface area (Å²) in [6.07, 6.45) is 7.65. The van der Waals surface area contributed by atoms with E-state index < -0.39 is 5.60 Å². The van der Waals surface area contributed by atoms with Crippen molar-refractivity contribution >= 4 is 24.0 Å². The molecular formula is C17H23N5O2. The van der Waals surface area contributed by atoms with Gasteiger partial charge >= 0.3 is 0 Å². The second-order valence-electron chi connectivity index (χ2n) is 6.99. The molecule has 24 heavy (non-hydrogen) atoms. The Labute approximate surface area is 140 Å². The number of rotatable bonds is 5. The van der Waals surface area contributed by atoms with Gasteiger partial charge in [0.1, 0.15) is 11.4 Å². The van der Waals surface area contributed by atoms with Crippen LogP contribution in [0.3, 0.4) is 0 Å². The summed E-state index contributed by atoms with van der Waals surface area (Å²) in [5.74, 6) is 1.21. The molecule has 1 aromatic heterocycles. The van der Waals surface area contributed by atoms with Crippen LogP contribution in [-0.4, -0.2) is 38.7 Å². The van der Waals surface area contributed by atoms with Crippen LogP contribution in [0, 0.1) is 22.7 Å². The number of nitrogens with zero attached hydrogens (tertiary/aromatic N) is 2. The summed E-state index contributed by atoms with van der Waals surface area (Å²) in [4.78, 5) is 11.3. The molecule has 0 bridgehead atoms. The molecule has 0 aliphatic heterocycles. The third-order valence-corrected chi connectivity index (χ3v) is 5.56. The van der Waals surface area contributed by atoms with Crippen molar-refractivity contribution in [2.75, 3.05) is 5.73 Å². The molecule has 1 aromatic rings. The normalized spacial score (nSPS) is 32.2. The number of nitrogens with one attached hydrogen (secondary N) is 2. The van der Waals surface area contributed by atoms with Crippen molar-refractivity contribution in [3.8, 4) is 0 Å². The SMILES string of the molecule is Cn1nc(C2CC3CC(O)(C(=N)/C=C\C=N)CC3C2)c(C=O)c1N. The third-order valence-electron chi connectivity index (χ3n) is 5.56. The standard InChI is InChI=1S/C17H23N5O2/c1-22-16(20)13(9-23)15(21-22)10-5-11-7-17(24,8-12(11)6-10)14(19)3-2-4-18/h2-4,9-12,18-19,24H,5-8,20H2,1H3/b3-2-,18-4?,19-14?. The van der Waals surface area contributed by atoms with Crippen molar-refractivity contribution in [3.05, 3.63) is 23.4 Å². The molecule has 1 heterocycles. The number of aromatic nitrogens is 2. The van der Waals surface area contributed by atoms with E-state index in [9.17, 15) is 9.90 Å². The van der Waals surface area contributed by atoms with Crippen LogP contribution in [0.4, 0.5) is 5.82 Å². The molecule has 5 N–H and O–H groups in total. The molecule has 2 fully saturated rings. The van der Waals surface area contributed by atoms with Gasteiger partial charge in [0.15, 0.2) is 6.29 Å². The summed E-state index contributed by atoms with van der Waals surface area (Å²) in [6.45, 7) is 0. The zero-order chi connectivity index (χ0) is 17.5. The highest BCUT2D eigenvalue weighted by atomic mass is 16.3. The van der Waals surface area contributed by atoms with E-state index in [-0.39, 0.29) is 11.6 Å². The van der Waals surface area contributed by atoms with E-state index in [1.807, 2.05) is 0 Å². The topological polar surface area (TPSA) is 129 Å². The molecule has 3 rings (SSSR count). The van der Waals surface area contributed by atoms with E-state index in [2.05, 4.69) is 5.10 Å². The van der Waals surface area contributed by atoms with Gasteiger partial charge in [0, 0.05) is 19.2 Å². The minimum absolute atomic E-state index is 0.174. The van der Waals surface area contributed by atoms with Crippen molar-refractivity contribution in [2.24, 2.45) is 18.9 Å². The molecule has 0 spiro atoms. The largest absolute Gasteiger partial charge is 0.384 e. The van der Waals surface area contributed by atoms with E-state index in [1.165, 1.54) is 12.2 Å².